The fourth-order valence-corrected chi connectivity index (χ4v) is 5.29. The first-order valence-corrected chi connectivity index (χ1v) is 12.3. The Labute approximate surface area is 206 Å². The van der Waals surface area contributed by atoms with Gasteiger partial charge in [-0.05, 0) is 67.6 Å². The summed E-state index contributed by atoms with van der Waals surface area (Å²) in [5.41, 5.74) is 2.16. The largest absolute Gasteiger partial charge is 0.486 e. The minimum atomic E-state index is 0.0590. The van der Waals surface area contributed by atoms with Gasteiger partial charge < -0.3 is 29.3 Å². The highest BCUT2D eigenvalue weighted by atomic mass is 32.1. The summed E-state index contributed by atoms with van der Waals surface area (Å²) in [4.78, 5) is 16.9. The van der Waals surface area contributed by atoms with Gasteiger partial charge in [0.15, 0.2) is 23.2 Å². The van der Waals surface area contributed by atoms with Gasteiger partial charge >= 0.3 is 0 Å². The zero-order chi connectivity index (χ0) is 23.5. The van der Waals surface area contributed by atoms with Gasteiger partial charge in [0.1, 0.15) is 19.0 Å². The first kappa shape index (κ1) is 22.8. The van der Waals surface area contributed by atoms with E-state index in [4.69, 9.17) is 26.4 Å². The first-order valence-electron chi connectivity index (χ1n) is 11.9. The van der Waals surface area contributed by atoms with Gasteiger partial charge in [0.05, 0.1) is 0 Å². The van der Waals surface area contributed by atoms with Crippen molar-refractivity contribution < 1.29 is 19.0 Å². The highest BCUT2D eigenvalue weighted by molar-refractivity contribution is 7.80. The zero-order valence-corrected chi connectivity index (χ0v) is 20.4. The number of anilines is 1. The Bertz CT molecular complexity index is 1070. The van der Waals surface area contributed by atoms with E-state index in [2.05, 4.69) is 10.2 Å². The molecule has 180 valence electrons. The fourth-order valence-electron chi connectivity index (χ4n) is 5.02. The molecule has 1 spiro atoms. The molecule has 0 atom stereocenters. The van der Waals surface area contributed by atoms with E-state index in [1.807, 2.05) is 54.3 Å². The van der Waals surface area contributed by atoms with Crippen LogP contribution in [0.3, 0.4) is 0 Å². The minimum absolute atomic E-state index is 0.0590. The van der Waals surface area contributed by atoms with Crippen LogP contribution in [-0.4, -0.2) is 66.8 Å². The lowest BCUT2D eigenvalue weighted by molar-refractivity contribution is -0.135. The van der Waals surface area contributed by atoms with E-state index >= 15 is 0 Å². The number of piperidine rings is 1. The highest BCUT2D eigenvalue weighted by Crippen LogP contribution is 2.41. The van der Waals surface area contributed by atoms with Crippen molar-refractivity contribution in [2.45, 2.75) is 26.2 Å². The highest BCUT2D eigenvalue weighted by Gasteiger charge is 2.42. The molecule has 0 aromatic heterocycles. The van der Waals surface area contributed by atoms with E-state index in [-0.39, 0.29) is 17.9 Å². The van der Waals surface area contributed by atoms with Crippen LogP contribution in [0.4, 0.5) is 5.69 Å². The summed E-state index contributed by atoms with van der Waals surface area (Å²) < 4.78 is 17.0. The Hall–Kier alpha value is -3.00. The number of hydrogen-bond acceptors (Lipinski definition) is 5. The Kier molecular flexibility index (Phi) is 6.50. The molecular weight excluding hydrogens is 450 g/mol. The number of carbonyl (C=O) groups is 1. The van der Waals surface area contributed by atoms with Gasteiger partial charge in [-0.3, -0.25) is 4.79 Å². The van der Waals surface area contributed by atoms with Gasteiger partial charge in [0, 0.05) is 37.9 Å². The average molecular weight is 482 g/mol. The molecule has 3 aliphatic heterocycles. The maximum absolute atomic E-state index is 12.7. The topological polar surface area (TPSA) is 63.3 Å². The van der Waals surface area contributed by atoms with Crippen LogP contribution in [0.15, 0.2) is 42.5 Å². The number of aryl methyl sites for hydroxylation is 1. The van der Waals surface area contributed by atoms with Crippen LogP contribution in [0.1, 0.15) is 24.8 Å². The van der Waals surface area contributed by atoms with Crippen LogP contribution in [0.5, 0.6) is 17.2 Å². The lowest BCUT2D eigenvalue weighted by atomic mass is 9.78. The van der Waals surface area contributed by atoms with E-state index in [1.54, 1.807) is 0 Å². The van der Waals surface area contributed by atoms with Crippen molar-refractivity contribution in [1.82, 2.24) is 9.80 Å². The standard InChI is InChI=1S/C26H31N3O4S/c1-19-4-2-3-5-21(19)33-17-24(30)28-11-8-26(9-12-28)10-13-29(18-26)25(34)27-20-6-7-22-23(16-20)32-15-14-31-22/h2-7,16H,8-15,17-18H2,1H3,(H,27,34). The Morgan fingerprint density at radius 2 is 1.74 bits per heavy atom. The predicted octanol–water partition coefficient (Wildman–Crippen LogP) is 3.86. The molecule has 2 fully saturated rings. The van der Waals surface area contributed by atoms with Gasteiger partial charge in [-0.1, -0.05) is 18.2 Å². The summed E-state index contributed by atoms with van der Waals surface area (Å²) in [5.74, 6) is 2.35. The predicted molar refractivity (Wildman–Crippen MR) is 135 cm³/mol. The number of likely N-dealkylation sites (tertiary alicyclic amines) is 2. The SMILES string of the molecule is Cc1ccccc1OCC(=O)N1CCC2(CC1)CCN(C(=S)Nc1ccc3c(c1)OCCO3)C2. The molecule has 7 nitrogen and oxygen atoms in total. The number of hydrogen-bond donors (Lipinski definition) is 1. The molecule has 2 aromatic rings. The molecule has 1 N–H and O–H groups in total. The van der Waals surface area contributed by atoms with Gasteiger partial charge in [0.25, 0.3) is 5.91 Å². The number of nitrogens with zero attached hydrogens (tertiary/aromatic N) is 2. The van der Waals surface area contributed by atoms with Gasteiger partial charge in [-0.15, -0.1) is 0 Å². The molecule has 0 radical (unpaired) electrons. The number of thiocarbonyl (C=S) groups is 1. The van der Waals surface area contributed by atoms with Gasteiger partial charge in [-0.2, -0.15) is 0 Å². The van der Waals surface area contributed by atoms with E-state index in [0.717, 1.165) is 79.1 Å². The lowest BCUT2D eigenvalue weighted by Gasteiger charge is -2.39. The fraction of sp³-hybridized carbons (Fsp3) is 0.462. The van der Waals surface area contributed by atoms with Crippen LogP contribution in [0, 0.1) is 12.3 Å². The number of benzene rings is 2. The van der Waals surface area contributed by atoms with Crippen LogP contribution < -0.4 is 19.5 Å². The Balaban J connectivity index is 1.11. The summed E-state index contributed by atoms with van der Waals surface area (Å²) >= 11 is 5.72. The normalized spacial score (nSPS) is 18.6. The molecule has 0 saturated carbocycles. The van der Waals surface area contributed by atoms with Crippen LogP contribution >= 0.6 is 12.2 Å². The van der Waals surface area contributed by atoms with E-state index in [0.29, 0.717) is 13.2 Å². The number of rotatable bonds is 4. The number of amides is 1. The molecule has 8 heteroatoms. The third-order valence-electron chi connectivity index (χ3n) is 7.14. The average Bonchev–Trinajstić information content (AvgIpc) is 3.27. The second-order valence-electron chi connectivity index (χ2n) is 9.40. The molecule has 5 rings (SSSR count). The van der Waals surface area contributed by atoms with Crippen LogP contribution in [0.25, 0.3) is 0 Å². The summed E-state index contributed by atoms with van der Waals surface area (Å²) in [6.45, 7) is 6.62. The van der Waals surface area contributed by atoms with Crippen LogP contribution in [0.2, 0.25) is 0 Å². The number of nitrogens with one attached hydrogen (secondary N) is 1. The second-order valence-corrected chi connectivity index (χ2v) is 9.78. The van der Waals surface area contributed by atoms with Gasteiger partial charge in [0.2, 0.25) is 0 Å². The molecular formula is C26H31N3O4S. The van der Waals surface area contributed by atoms with Crippen molar-refractivity contribution in [2.75, 3.05) is 51.3 Å². The monoisotopic (exact) mass is 481 g/mol. The Morgan fingerprint density at radius 3 is 2.50 bits per heavy atom. The number of carbonyl (C=O) groups excluding carboxylic acids is 1. The second kappa shape index (κ2) is 9.70. The van der Waals surface area contributed by atoms with Crippen molar-refractivity contribution in [3.8, 4) is 17.2 Å². The van der Waals surface area contributed by atoms with Crippen molar-refractivity contribution in [1.29, 1.82) is 0 Å². The van der Waals surface area contributed by atoms with Gasteiger partial charge in [-0.25, -0.2) is 0 Å². The molecule has 0 aliphatic carbocycles. The smallest absolute Gasteiger partial charge is 0.260 e. The first-order chi connectivity index (χ1) is 16.5. The Morgan fingerprint density at radius 1 is 1.03 bits per heavy atom. The van der Waals surface area contributed by atoms with E-state index in [9.17, 15) is 4.79 Å². The molecule has 3 heterocycles. The van der Waals surface area contributed by atoms with Crippen molar-refractivity contribution >= 4 is 28.9 Å². The summed E-state index contributed by atoms with van der Waals surface area (Å²) in [7, 11) is 0. The summed E-state index contributed by atoms with van der Waals surface area (Å²) in [6.07, 6.45) is 3.08. The van der Waals surface area contributed by atoms with E-state index < -0.39 is 0 Å². The zero-order valence-electron chi connectivity index (χ0n) is 19.5. The van der Waals surface area contributed by atoms with E-state index in [1.165, 1.54) is 0 Å². The number of ether oxygens (including phenoxy) is 3. The van der Waals surface area contributed by atoms with Crippen LogP contribution in [-0.2, 0) is 4.79 Å². The molecule has 0 unspecified atom stereocenters. The molecule has 0 bridgehead atoms. The van der Waals surface area contributed by atoms with Crippen molar-refractivity contribution in [3.05, 3.63) is 48.0 Å². The number of para-hydroxylation sites is 1. The molecule has 2 saturated heterocycles. The lowest BCUT2D eigenvalue weighted by Crippen LogP contribution is -2.46. The third-order valence-corrected chi connectivity index (χ3v) is 7.50. The summed E-state index contributed by atoms with van der Waals surface area (Å²) in [5, 5.41) is 4.10. The summed E-state index contributed by atoms with van der Waals surface area (Å²) in [6, 6.07) is 13.6. The van der Waals surface area contributed by atoms with Crippen molar-refractivity contribution in [3.63, 3.8) is 0 Å². The number of fused-ring (bicyclic) bond motifs is 1. The molecule has 1 amide bonds. The minimum Gasteiger partial charge on any atom is -0.486 e. The third kappa shape index (κ3) is 4.92. The molecule has 2 aromatic carbocycles. The maximum Gasteiger partial charge on any atom is 0.260 e. The maximum atomic E-state index is 12.7. The quantitative estimate of drug-likeness (QED) is 0.666. The molecule has 34 heavy (non-hydrogen) atoms. The molecule has 3 aliphatic rings. The van der Waals surface area contributed by atoms with Crippen molar-refractivity contribution in [2.24, 2.45) is 5.41 Å².